The second kappa shape index (κ2) is 18.3. The SMILES string of the molecule is CC(C)(C)SSC[C@H](NC(=O)[C@@H]1CCCN1C(=O)c1ccc(/C=N/NC(=O)c2ccccc2)cc1)C(=O)NCCCCCC(N)=O. The maximum atomic E-state index is 13.5. The number of benzene rings is 2. The van der Waals surface area contributed by atoms with Crippen molar-refractivity contribution < 1.29 is 24.0 Å². The van der Waals surface area contributed by atoms with Gasteiger partial charge < -0.3 is 21.3 Å². The molecule has 2 aromatic rings. The normalized spacial score (nSPS) is 15.4. The molecule has 2 atom stereocenters. The number of carbonyl (C=O) groups is 5. The highest BCUT2D eigenvalue weighted by Gasteiger charge is 2.36. The quantitative estimate of drug-likeness (QED) is 0.0913. The molecule has 46 heavy (non-hydrogen) atoms. The van der Waals surface area contributed by atoms with Crippen LogP contribution in [0.2, 0.25) is 0 Å². The van der Waals surface area contributed by atoms with Crippen molar-refractivity contribution in [3.63, 3.8) is 0 Å². The zero-order valence-electron chi connectivity index (χ0n) is 26.6. The molecule has 0 unspecified atom stereocenters. The van der Waals surface area contributed by atoms with Crippen molar-refractivity contribution in [1.29, 1.82) is 0 Å². The van der Waals surface area contributed by atoms with Gasteiger partial charge in [-0.2, -0.15) is 5.10 Å². The van der Waals surface area contributed by atoms with Crippen molar-refractivity contribution in [2.75, 3.05) is 18.8 Å². The number of unbranched alkanes of at least 4 members (excludes halogenated alkanes) is 2. The minimum Gasteiger partial charge on any atom is -0.370 e. The summed E-state index contributed by atoms with van der Waals surface area (Å²) in [6, 6.07) is 14.0. The van der Waals surface area contributed by atoms with Gasteiger partial charge in [0.05, 0.1) is 6.21 Å². The largest absolute Gasteiger partial charge is 0.370 e. The summed E-state index contributed by atoms with van der Waals surface area (Å²) in [7, 11) is 3.15. The van der Waals surface area contributed by atoms with Crippen LogP contribution in [0, 0.1) is 0 Å². The fourth-order valence-corrected chi connectivity index (χ4v) is 7.11. The Bertz CT molecular complexity index is 1360. The number of carbonyl (C=O) groups excluding carboxylic acids is 5. The van der Waals surface area contributed by atoms with Gasteiger partial charge in [0, 0.05) is 41.1 Å². The molecule has 0 saturated carbocycles. The Balaban J connectivity index is 1.57. The molecular weight excluding hydrogens is 625 g/mol. The first-order valence-electron chi connectivity index (χ1n) is 15.4. The Morgan fingerprint density at radius 2 is 1.72 bits per heavy atom. The van der Waals surface area contributed by atoms with Crippen molar-refractivity contribution in [3.05, 3.63) is 71.3 Å². The number of rotatable bonds is 16. The molecule has 0 aliphatic carbocycles. The Morgan fingerprint density at radius 1 is 1.00 bits per heavy atom. The molecule has 0 radical (unpaired) electrons. The van der Waals surface area contributed by atoms with Crippen molar-refractivity contribution in [2.24, 2.45) is 10.8 Å². The lowest BCUT2D eigenvalue weighted by molar-refractivity contribution is -0.130. The van der Waals surface area contributed by atoms with Gasteiger partial charge in [0.1, 0.15) is 12.1 Å². The van der Waals surface area contributed by atoms with Gasteiger partial charge in [0.15, 0.2) is 0 Å². The van der Waals surface area contributed by atoms with Crippen LogP contribution in [-0.4, -0.2) is 76.3 Å². The number of nitrogens with one attached hydrogen (secondary N) is 3. The summed E-state index contributed by atoms with van der Waals surface area (Å²) < 4.78 is -0.0255. The zero-order valence-corrected chi connectivity index (χ0v) is 28.3. The van der Waals surface area contributed by atoms with E-state index in [1.165, 1.54) is 17.0 Å². The van der Waals surface area contributed by atoms with Crippen molar-refractivity contribution in [1.82, 2.24) is 21.0 Å². The van der Waals surface area contributed by atoms with Gasteiger partial charge in [0.2, 0.25) is 17.7 Å². The van der Waals surface area contributed by atoms with Crippen LogP contribution in [0.5, 0.6) is 0 Å². The van der Waals surface area contributed by atoms with E-state index in [4.69, 9.17) is 5.73 Å². The van der Waals surface area contributed by atoms with Crippen LogP contribution >= 0.6 is 21.6 Å². The molecule has 0 aromatic heterocycles. The highest BCUT2D eigenvalue weighted by molar-refractivity contribution is 8.77. The van der Waals surface area contributed by atoms with Gasteiger partial charge in [-0.25, -0.2) is 5.43 Å². The lowest BCUT2D eigenvalue weighted by Gasteiger charge is -2.27. The van der Waals surface area contributed by atoms with Crippen LogP contribution in [0.1, 0.15) is 85.6 Å². The van der Waals surface area contributed by atoms with Crippen LogP contribution in [0.25, 0.3) is 0 Å². The third-order valence-corrected chi connectivity index (χ3v) is 10.3. The molecule has 2 aromatic carbocycles. The van der Waals surface area contributed by atoms with E-state index in [0.717, 1.165) is 6.42 Å². The summed E-state index contributed by atoms with van der Waals surface area (Å²) >= 11 is 0. The average molecular weight is 669 g/mol. The van der Waals surface area contributed by atoms with Crippen LogP contribution in [0.4, 0.5) is 0 Å². The molecule has 1 heterocycles. The number of hydrogen-bond acceptors (Lipinski definition) is 8. The van der Waals surface area contributed by atoms with Crippen LogP contribution in [-0.2, 0) is 14.4 Å². The van der Waals surface area contributed by atoms with Crippen LogP contribution < -0.4 is 21.8 Å². The van der Waals surface area contributed by atoms with Crippen molar-refractivity contribution in [3.8, 4) is 0 Å². The third-order valence-electron chi connectivity index (χ3n) is 6.97. The lowest BCUT2D eigenvalue weighted by Crippen LogP contribution is -2.54. The average Bonchev–Trinajstić information content (AvgIpc) is 3.52. The van der Waals surface area contributed by atoms with Gasteiger partial charge >= 0.3 is 0 Å². The molecule has 1 aliphatic heterocycles. The first-order chi connectivity index (χ1) is 21.9. The molecule has 13 heteroatoms. The first kappa shape index (κ1) is 36.6. The molecule has 5 amide bonds. The van der Waals surface area contributed by atoms with Gasteiger partial charge in [0.25, 0.3) is 11.8 Å². The van der Waals surface area contributed by atoms with Crippen molar-refractivity contribution in [2.45, 2.75) is 76.1 Å². The maximum absolute atomic E-state index is 13.5. The predicted octanol–water partition coefficient (Wildman–Crippen LogP) is 3.88. The molecular formula is C33H44N6O5S2. The minimum absolute atomic E-state index is 0.0255. The summed E-state index contributed by atoms with van der Waals surface area (Å²) in [5.41, 5.74) is 9.27. The molecule has 5 N–H and O–H groups in total. The van der Waals surface area contributed by atoms with E-state index in [1.807, 2.05) is 6.07 Å². The molecule has 248 valence electrons. The van der Waals surface area contributed by atoms with E-state index in [9.17, 15) is 24.0 Å². The Hall–Kier alpha value is -3.84. The lowest BCUT2D eigenvalue weighted by atomic mass is 10.1. The van der Waals surface area contributed by atoms with E-state index in [-0.39, 0.29) is 34.3 Å². The van der Waals surface area contributed by atoms with E-state index < -0.39 is 12.1 Å². The number of nitrogens with zero attached hydrogens (tertiary/aromatic N) is 2. The highest BCUT2D eigenvalue weighted by atomic mass is 33.1. The Morgan fingerprint density at radius 3 is 2.39 bits per heavy atom. The standard InChI is InChI=1S/C33H44N6O5S2/c1-33(2,3)46-45-22-26(30(42)35-19-9-5-8-14-28(34)40)37-31(43)27-13-10-20-39(27)32(44)25-17-15-23(16-18-25)21-36-38-29(41)24-11-6-4-7-12-24/h4,6-7,11-12,15-18,21,26-27H,5,8-10,13-14,19-20,22H2,1-3H3,(H2,34,40)(H,35,42)(H,37,43)(H,38,41)/b36-21+/t26-,27-/m0/s1. The molecule has 0 bridgehead atoms. The predicted molar refractivity (Wildman–Crippen MR) is 184 cm³/mol. The highest BCUT2D eigenvalue weighted by Crippen LogP contribution is 2.35. The van der Waals surface area contributed by atoms with Gasteiger partial charge in [-0.1, -0.05) is 79.1 Å². The molecule has 1 saturated heterocycles. The molecule has 11 nitrogen and oxygen atoms in total. The first-order valence-corrected chi connectivity index (χ1v) is 17.7. The molecule has 1 fully saturated rings. The summed E-state index contributed by atoms with van der Waals surface area (Å²) in [6.07, 6.45) is 5.10. The van der Waals surface area contributed by atoms with Gasteiger partial charge in [-0.15, -0.1) is 0 Å². The summed E-state index contributed by atoms with van der Waals surface area (Å²) in [4.78, 5) is 64.7. The Kier molecular flexibility index (Phi) is 14.6. The second-order valence-electron chi connectivity index (χ2n) is 12.0. The summed E-state index contributed by atoms with van der Waals surface area (Å²) in [5.74, 6) is -1.20. The maximum Gasteiger partial charge on any atom is 0.271 e. The van der Waals surface area contributed by atoms with Crippen molar-refractivity contribution >= 4 is 57.3 Å². The molecule has 3 rings (SSSR count). The topological polar surface area (TPSA) is 163 Å². The van der Waals surface area contributed by atoms with E-state index >= 15 is 0 Å². The molecule has 0 spiro atoms. The summed E-state index contributed by atoms with van der Waals surface area (Å²) in [6.45, 7) is 7.10. The number of amides is 5. The second-order valence-corrected chi connectivity index (χ2v) is 15.1. The minimum atomic E-state index is -0.767. The number of primary amides is 1. The fourth-order valence-electron chi connectivity index (χ4n) is 4.64. The number of nitrogens with two attached hydrogens (primary N) is 1. The van der Waals surface area contributed by atoms with E-state index in [2.05, 4.69) is 41.9 Å². The van der Waals surface area contributed by atoms with Gasteiger partial charge in [-0.3, -0.25) is 24.0 Å². The number of likely N-dealkylation sites (tertiary alicyclic amines) is 1. The number of hydrazone groups is 1. The van der Waals surface area contributed by atoms with E-state index in [0.29, 0.717) is 67.6 Å². The van der Waals surface area contributed by atoms with Crippen LogP contribution in [0.3, 0.4) is 0 Å². The smallest absolute Gasteiger partial charge is 0.271 e. The monoisotopic (exact) mass is 668 g/mol. The fraction of sp³-hybridized carbons (Fsp3) is 0.455. The third kappa shape index (κ3) is 12.5. The molecule has 1 aliphatic rings. The summed E-state index contributed by atoms with van der Waals surface area (Å²) in [5, 5.41) is 9.80. The number of hydrogen-bond donors (Lipinski definition) is 4. The Labute approximate surface area is 278 Å². The van der Waals surface area contributed by atoms with E-state index in [1.54, 1.807) is 64.2 Å². The van der Waals surface area contributed by atoms with Gasteiger partial charge in [-0.05, 0) is 55.5 Å². The van der Waals surface area contributed by atoms with Crippen LogP contribution in [0.15, 0.2) is 59.7 Å². The zero-order chi connectivity index (χ0) is 33.5.